The summed E-state index contributed by atoms with van der Waals surface area (Å²) in [6.45, 7) is 8.16. The normalized spacial score (nSPS) is 11.7. The number of aryl methyl sites for hydroxylation is 4. The number of azo groups is 2. The molecule has 0 radical (unpaired) electrons. The number of carbonyl (C=O) groups excluding carboxylic acids is 1. The van der Waals surface area contributed by atoms with E-state index in [1.807, 2.05) is 167 Å². The Balaban J connectivity index is 0.907. The van der Waals surface area contributed by atoms with Crippen LogP contribution in [0.1, 0.15) is 49.3 Å². The number of nitrogens with zero attached hydrogens (tertiary/aromatic N) is 4. The van der Waals surface area contributed by atoms with Crippen LogP contribution >= 0.6 is 0 Å². The minimum Gasteiger partial charge on any atom is -0.508 e. The van der Waals surface area contributed by atoms with Crippen molar-refractivity contribution in [1.29, 1.82) is 0 Å². The lowest BCUT2D eigenvalue weighted by molar-refractivity contribution is 0.102. The first-order chi connectivity index (χ1) is 30.1. The van der Waals surface area contributed by atoms with Gasteiger partial charge in [0.25, 0.3) is 5.91 Å². The summed E-state index contributed by atoms with van der Waals surface area (Å²) in [5.41, 5.74) is 13.6. The van der Waals surface area contributed by atoms with Crippen LogP contribution in [0.2, 0.25) is 0 Å². The molecule has 306 valence electrons. The van der Waals surface area contributed by atoms with Crippen molar-refractivity contribution in [3.8, 4) is 11.5 Å². The number of carbonyl (C=O) groups is 1. The molecule has 0 unspecified atom stereocenters. The SMILES string of the molecule is Cc1ccc(NOCc2cc3cccc(N=Nc4ccc(C=Cc5ccc(N=Nc6c(O)c(C(=O)Nc7ccc(C)cc7C)cc7ccccc67)cc5)cc4)c3cc2O)c(C)c1. The highest BCUT2D eigenvalue weighted by molar-refractivity contribution is 6.12. The van der Waals surface area contributed by atoms with Gasteiger partial charge >= 0.3 is 0 Å². The van der Waals surface area contributed by atoms with E-state index in [0.29, 0.717) is 33.7 Å². The van der Waals surface area contributed by atoms with E-state index in [0.717, 1.165) is 49.7 Å². The Kier molecular flexibility index (Phi) is 11.9. The van der Waals surface area contributed by atoms with E-state index in [9.17, 15) is 15.0 Å². The fraction of sp³-hybridized carbons (Fsp3) is 0.0962. The molecule has 0 aliphatic heterocycles. The van der Waals surface area contributed by atoms with Crippen LogP contribution in [-0.2, 0) is 11.4 Å². The van der Waals surface area contributed by atoms with Crippen molar-refractivity contribution in [2.24, 2.45) is 20.5 Å². The lowest BCUT2D eigenvalue weighted by Gasteiger charge is -2.12. The maximum Gasteiger partial charge on any atom is 0.259 e. The van der Waals surface area contributed by atoms with E-state index >= 15 is 0 Å². The number of hydrogen-bond acceptors (Lipinski definition) is 9. The summed E-state index contributed by atoms with van der Waals surface area (Å²) in [5.74, 6) is -0.562. The van der Waals surface area contributed by atoms with Gasteiger partial charge in [-0.2, -0.15) is 10.2 Å². The van der Waals surface area contributed by atoms with Gasteiger partial charge in [0.2, 0.25) is 0 Å². The van der Waals surface area contributed by atoms with E-state index in [2.05, 4.69) is 37.3 Å². The number of hydrogen-bond donors (Lipinski definition) is 4. The van der Waals surface area contributed by atoms with Gasteiger partial charge in [0, 0.05) is 22.0 Å². The highest BCUT2D eigenvalue weighted by Gasteiger charge is 2.19. The number of rotatable bonds is 12. The Labute approximate surface area is 359 Å². The van der Waals surface area contributed by atoms with Crippen molar-refractivity contribution in [1.82, 2.24) is 0 Å². The second-order valence-electron chi connectivity index (χ2n) is 15.2. The number of anilines is 2. The average molecular weight is 817 g/mol. The van der Waals surface area contributed by atoms with Crippen molar-refractivity contribution in [2.45, 2.75) is 34.3 Å². The van der Waals surface area contributed by atoms with Crippen LogP contribution in [0.15, 0.2) is 166 Å². The van der Waals surface area contributed by atoms with Gasteiger partial charge in [0.05, 0.1) is 28.3 Å². The largest absolute Gasteiger partial charge is 0.508 e. The molecule has 0 saturated carbocycles. The minimum absolute atomic E-state index is 0.110. The number of phenolic OH excluding ortho intramolecular Hbond substituents is 2. The van der Waals surface area contributed by atoms with Crippen molar-refractivity contribution in [3.63, 3.8) is 0 Å². The van der Waals surface area contributed by atoms with Gasteiger partial charge in [-0.1, -0.05) is 108 Å². The molecular weight excluding hydrogens is 773 g/mol. The molecule has 0 aliphatic carbocycles. The molecule has 4 N–H and O–H groups in total. The van der Waals surface area contributed by atoms with Crippen LogP contribution in [-0.4, -0.2) is 16.1 Å². The second-order valence-corrected chi connectivity index (χ2v) is 15.2. The highest BCUT2D eigenvalue weighted by atomic mass is 16.6. The van der Waals surface area contributed by atoms with Crippen LogP contribution in [0.3, 0.4) is 0 Å². The van der Waals surface area contributed by atoms with Gasteiger partial charge in [-0.25, -0.2) is 0 Å². The third-order valence-electron chi connectivity index (χ3n) is 10.5. The molecule has 10 nitrogen and oxygen atoms in total. The Morgan fingerprint density at radius 3 is 1.85 bits per heavy atom. The maximum absolute atomic E-state index is 13.4. The Morgan fingerprint density at radius 2 is 1.19 bits per heavy atom. The molecule has 0 fully saturated rings. The van der Waals surface area contributed by atoms with Crippen molar-refractivity contribution in [2.75, 3.05) is 10.8 Å². The fourth-order valence-corrected chi connectivity index (χ4v) is 7.12. The summed E-state index contributed by atoms with van der Waals surface area (Å²) in [5, 5.41) is 46.1. The summed E-state index contributed by atoms with van der Waals surface area (Å²) < 4.78 is 0. The van der Waals surface area contributed by atoms with Crippen molar-refractivity contribution >= 4 is 73.7 Å². The van der Waals surface area contributed by atoms with Crippen molar-refractivity contribution < 1.29 is 19.8 Å². The predicted octanol–water partition coefficient (Wildman–Crippen LogP) is 14.4. The number of nitrogens with one attached hydrogen (secondary N) is 2. The Morgan fingerprint density at radius 1 is 0.597 bits per heavy atom. The standard InChI is InChI=1S/C52H44N6O4/c1-32-12-24-46(34(3)26-32)53-52(61)45-29-39-8-5-6-10-43(39)50(51(45)60)57-55-42-22-18-37(19-23-42)15-14-36-16-20-41(21-17-36)54-56-48-11-7-9-38-28-40(49(59)30-44(38)48)31-62-58-47-25-13-33(2)27-35(47)4/h5-30,58-60H,31H2,1-4H3,(H,53,61). The van der Waals surface area contributed by atoms with E-state index in [1.165, 1.54) is 5.56 Å². The van der Waals surface area contributed by atoms with Gasteiger partial charge in [-0.3, -0.25) is 15.1 Å². The summed E-state index contributed by atoms with van der Waals surface area (Å²) in [6.07, 6.45) is 4.00. The first-order valence-electron chi connectivity index (χ1n) is 20.1. The zero-order valence-corrected chi connectivity index (χ0v) is 34.7. The summed E-state index contributed by atoms with van der Waals surface area (Å²) in [6, 6.07) is 45.6. The molecule has 0 spiro atoms. The number of amides is 1. The third kappa shape index (κ3) is 9.41. The molecule has 0 atom stereocenters. The fourth-order valence-electron chi connectivity index (χ4n) is 7.12. The van der Waals surface area contributed by atoms with Crippen LogP contribution in [0, 0.1) is 27.7 Å². The number of phenols is 2. The van der Waals surface area contributed by atoms with E-state index in [1.54, 1.807) is 12.1 Å². The molecule has 8 aromatic carbocycles. The first-order valence-corrected chi connectivity index (χ1v) is 20.1. The molecule has 0 saturated heterocycles. The van der Waals surface area contributed by atoms with E-state index in [4.69, 9.17) is 4.84 Å². The first kappa shape index (κ1) is 40.8. The lowest BCUT2D eigenvalue weighted by Crippen LogP contribution is -2.13. The molecule has 8 aromatic rings. The number of fused-ring (bicyclic) bond motifs is 2. The van der Waals surface area contributed by atoms with Crippen molar-refractivity contribution in [3.05, 3.63) is 190 Å². The smallest absolute Gasteiger partial charge is 0.259 e. The van der Waals surface area contributed by atoms with Gasteiger partial charge < -0.3 is 15.5 Å². The zero-order chi connectivity index (χ0) is 43.2. The topological polar surface area (TPSA) is 140 Å². The van der Waals surface area contributed by atoms with Gasteiger partial charge in [-0.15, -0.1) is 10.2 Å². The van der Waals surface area contributed by atoms with Crippen LogP contribution in [0.5, 0.6) is 11.5 Å². The molecule has 8 rings (SSSR count). The number of benzene rings is 8. The van der Waals surface area contributed by atoms with Crippen LogP contribution in [0.25, 0.3) is 33.7 Å². The van der Waals surface area contributed by atoms with Gasteiger partial charge in [-0.05, 0) is 121 Å². The van der Waals surface area contributed by atoms with Crippen LogP contribution in [0.4, 0.5) is 34.1 Å². The molecule has 0 heterocycles. The summed E-state index contributed by atoms with van der Waals surface area (Å²) in [4.78, 5) is 19.1. The molecule has 62 heavy (non-hydrogen) atoms. The third-order valence-corrected chi connectivity index (χ3v) is 10.5. The maximum atomic E-state index is 13.4. The van der Waals surface area contributed by atoms with Gasteiger partial charge in [0.15, 0.2) is 5.75 Å². The molecule has 1 amide bonds. The molecular formula is C52H44N6O4. The van der Waals surface area contributed by atoms with Gasteiger partial charge in [0.1, 0.15) is 18.0 Å². The van der Waals surface area contributed by atoms with E-state index < -0.39 is 5.91 Å². The average Bonchev–Trinajstić information content (AvgIpc) is 3.27. The lowest BCUT2D eigenvalue weighted by atomic mass is 10.0. The minimum atomic E-state index is -0.436. The summed E-state index contributed by atoms with van der Waals surface area (Å²) >= 11 is 0. The highest BCUT2D eigenvalue weighted by Crippen LogP contribution is 2.40. The molecule has 0 aromatic heterocycles. The van der Waals surface area contributed by atoms with E-state index in [-0.39, 0.29) is 29.4 Å². The zero-order valence-electron chi connectivity index (χ0n) is 34.7. The monoisotopic (exact) mass is 816 g/mol. The quantitative estimate of drug-likeness (QED) is 0.0552. The molecule has 0 bridgehead atoms. The summed E-state index contributed by atoms with van der Waals surface area (Å²) in [7, 11) is 0. The Hall–Kier alpha value is -7.95. The number of aromatic hydroxyl groups is 2. The predicted molar refractivity (Wildman–Crippen MR) is 250 cm³/mol. The molecule has 10 heteroatoms. The molecule has 0 aliphatic rings. The second kappa shape index (κ2) is 18.1. The van der Waals surface area contributed by atoms with Crippen LogP contribution < -0.4 is 10.8 Å². The Bertz CT molecular complexity index is 3050.